The fraction of sp³-hybridized carbons (Fsp3) is 0.769. The van der Waals surface area contributed by atoms with E-state index in [9.17, 15) is 28.8 Å². The van der Waals surface area contributed by atoms with E-state index >= 15 is 0 Å². The van der Waals surface area contributed by atoms with Crippen molar-refractivity contribution in [3.05, 3.63) is 0 Å². The number of rotatable bonds is 11. The number of primary amides is 1. The zero-order chi connectivity index (χ0) is 30.6. The maximum absolute atomic E-state index is 13.9. The highest BCUT2D eigenvalue weighted by Crippen LogP contribution is 2.35. The zero-order valence-corrected chi connectivity index (χ0v) is 25.4. The number of ketones is 1. The third kappa shape index (κ3) is 8.22. The minimum Gasteiger partial charge on any atom is -0.467 e. The number of carbonyl (C=O) groups is 6. The molecule has 2 unspecified atom stereocenters. The first-order valence-corrected chi connectivity index (χ1v) is 14.2. The number of Topliss-reactive ketones (excluding diaryl/α,β-unsaturated/α-hetero) is 1. The lowest BCUT2D eigenvalue weighted by Gasteiger charge is -2.37. The summed E-state index contributed by atoms with van der Waals surface area (Å²) in [5.74, 6) is -4.53. The van der Waals surface area contributed by atoms with Gasteiger partial charge >= 0.3 is 12.0 Å². The van der Waals surface area contributed by atoms with Gasteiger partial charge in [-0.2, -0.15) is 0 Å². The van der Waals surface area contributed by atoms with E-state index in [1.54, 1.807) is 20.8 Å². The van der Waals surface area contributed by atoms with Crippen molar-refractivity contribution in [3.8, 4) is 0 Å². The van der Waals surface area contributed by atoms with Gasteiger partial charge in [0.2, 0.25) is 17.6 Å². The van der Waals surface area contributed by atoms with E-state index in [0.717, 1.165) is 19.3 Å². The first kappa shape index (κ1) is 33.6. The van der Waals surface area contributed by atoms with Crippen LogP contribution in [0, 0.1) is 17.3 Å². The lowest BCUT2D eigenvalue weighted by molar-refractivity contribution is -0.146. The van der Waals surface area contributed by atoms with Gasteiger partial charge in [-0.05, 0) is 38.0 Å². The summed E-state index contributed by atoms with van der Waals surface area (Å²) in [6.07, 6.45) is 3.28. The van der Waals surface area contributed by atoms with E-state index in [0.29, 0.717) is 0 Å². The number of ether oxygens (including phenoxy) is 1. The fourth-order valence-corrected chi connectivity index (χ4v) is 5.48. The molecule has 1 aliphatic carbocycles. The summed E-state index contributed by atoms with van der Waals surface area (Å²) < 4.78 is 4.71. The maximum Gasteiger partial charge on any atom is 0.331 e. The number of nitrogens with one attached hydrogen (secondary N) is 3. The number of halogens is 2. The second-order valence-corrected chi connectivity index (χ2v) is 13.3. The van der Waals surface area contributed by atoms with Crippen LogP contribution in [0.3, 0.4) is 0 Å². The van der Waals surface area contributed by atoms with Gasteiger partial charge in [0.25, 0.3) is 5.91 Å². The molecule has 2 fully saturated rings. The Morgan fingerprint density at radius 3 is 2.05 bits per heavy atom. The first-order valence-electron chi connectivity index (χ1n) is 13.3. The molecule has 2 aliphatic rings. The summed E-state index contributed by atoms with van der Waals surface area (Å²) in [6, 6.07) is -4.23. The highest BCUT2D eigenvalue weighted by atomic mass is 35.5. The maximum atomic E-state index is 13.9. The van der Waals surface area contributed by atoms with E-state index in [4.69, 9.17) is 33.7 Å². The number of amides is 5. The number of hydrogen-bond acceptors (Lipinski definition) is 7. The molecule has 40 heavy (non-hydrogen) atoms. The van der Waals surface area contributed by atoms with Crippen LogP contribution in [0.25, 0.3) is 0 Å². The van der Waals surface area contributed by atoms with Crippen LogP contribution >= 0.6 is 23.2 Å². The second kappa shape index (κ2) is 13.4. The third-order valence-corrected chi connectivity index (χ3v) is 8.15. The number of esters is 1. The van der Waals surface area contributed by atoms with Crippen LogP contribution in [-0.2, 0) is 28.7 Å². The van der Waals surface area contributed by atoms with Crippen molar-refractivity contribution in [1.29, 1.82) is 0 Å². The SMILES string of the molecule is COC(=O)C(C)(C)NC(=O)N[C@H](C(=O)N1CCC(C(Cl)Cl)[C@H]1C(=O)NC(CC1CCC1)C(=O)C(N)=O)C(C)(C)C. The summed E-state index contributed by atoms with van der Waals surface area (Å²) in [5.41, 5.74) is 3.04. The fourth-order valence-electron chi connectivity index (χ4n) is 4.96. The van der Waals surface area contributed by atoms with Crippen LogP contribution in [0.1, 0.15) is 66.7 Å². The first-order chi connectivity index (χ1) is 18.4. The number of nitrogens with zero attached hydrogens (tertiary/aromatic N) is 1. The standard InChI is InChI=1S/C26H41Cl2N5O7/c1-25(2,3)18(31-24(39)32-26(4,5)23(38)40-6)22(37)33-11-10-14(19(27)28)16(33)21(36)30-15(17(34)20(29)35)12-13-8-7-9-13/h13-16,18-19H,7-12H2,1-6H3,(H2,29,35)(H,30,36)(H2,31,32,39)/t14?,15?,16-,18+/m0/s1. The molecule has 1 saturated heterocycles. The molecular formula is C26H41Cl2N5O7. The predicted octanol–water partition coefficient (Wildman–Crippen LogP) is 1.40. The molecule has 0 aromatic carbocycles. The van der Waals surface area contributed by atoms with Gasteiger partial charge in [0.1, 0.15) is 22.5 Å². The van der Waals surface area contributed by atoms with Crippen LogP contribution in [0.4, 0.5) is 4.79 Å². The van der Waals surface area contributed by atoms with Crippen molar-refractivity contribution < 1.29 is 33.5 Å². The number of nitrogens with two attached hydrogens (primary N) is 1. The zero-order valence-electron chi connectivity index (χ0n) is 23.8. The van der Waals surface area contributed by atoms with Gasteiger partial charge in [0.05, 0.1) is 13.2 Å². The molecular weight excluding hydrogens is 565 g/mol. The van der Waals surface area contributed by atoms with Crippen LogP contribution in [0.2, 0.25) is 0 Å². The van der Waals surface area contributed by atoms with E-state index < -0.39 is 75.3 Å². The van der Waals surface area contributed by atoms with Crippen molar-refractivity contribution in [2.24, 2.45) is 23.0 Å². The molecule has 4 atom stereocenters. The van der Waals surface area contributed by atoms with Crippen molar-refractivity contribution in [3.63, 3.8) is 0 Å². The molecule has 0 aromatic heterocycles. The molecule has 5 N–H and O–H groups in total. The van der Waals surface area contributed by atoms with E-state index in [-0.39, 0.29) is 25.3 Å². The number of alkyl halides is 2. The number of methoxy groups -OCH3 is 1. The van der Waals surface area contributed by atoms with Crippen LogP contribution < -0.4 is 21.7 Å². The molecule has 1 aliphatic heterocycles. The quantitative estimate of drug-likeness (QED) is 0.156. The Balaban J connectivity index is 2.32. The van der Waals surface area contributed by atoms with Gasteiger partial charge in [-0.15, -0.1) is 23.2 Å². The molecule has 1 saturated carbocycles. The smallest absolute Gasteiger partial charge is 0.331 e. The Bertz CT molecular complexity index is 1010. The predicted molar refractivity (Wildman–Crippen MR) is 148 cm³/mol. The van der Waals surface area contributed by atoms with Gasteiger partial charge in [0.15, 0.2) is 0 Å². The van der Waals surface area contributed by atoms with Gasteiger partial charge in [-0.1, -0.05) is 40.0 Å². The van der Waals surface area contributed by atoms with Crippen molar-refractivity contribution in [1.82, 2.24) is 20.9 Å². The molecule has 0 aromatic rings. The van der Waals surface area contributed by atoms with Crippen LogP contribution in [-0.4, -0.2) is 82.6 Å². The van der Waals surface area contributed by atoms with Crippen LogP contribution in [0.5, 0.6) is 0 Å². The molecule has 1 heterocycles. The number of carbonyl (C=O) groups excluding carboxylic acids is 6. The summed E-state index contributed by atoms with van der Waals surface area (Å²) >= 11 is 12.4. The van der Waals surface area contributed by atoms with Gasteiger partial charge in [-0.25, -0.2) is 9.59 Å². The Hall–Kier alpha value is -2.60. The van der Waals surface area contributed by atoms with Crippen molar-refractivity contribution in [2.45, 2.75) is 95.2 Å². The van der Waals surface area contributed by atoms with Gasteiger partial charge in [-0.3, -0.25) is 19.2 Å². The second-order valence-electron chi connectivity index (χ2n) is 12.1. The summed E-state index contributed by atoms with van der Waals surface area (Å²) in [4.78, 5) is 76.9. The van der Waals surface area contributed by atoms with Crippen molar-refractivity contribution >= 4 is 58.7 Å². The lowest BCUT2D eigenvalue weighted by Crippen LogP contribution is -2.63. The number of likely N-dealkylation sites (tertiary alicyclic amines) is 1. The normalized spacial score (nSPS) is 21.2. The van der Waals surface area contributed by atoms with E-state index in [2.05, 4.69) is 16.0 Å². The summed E-state index contributed by atoms with van der Waals surface area (Å²) in [6.45, 7) is 8.21. The van der Waals surface area contributed by atoms with Gasteiger partial charge < -0.3 is 31.3 Å². The third-order valence-electron chi connectivity index (χ3n) is 7.50. The summed E-state index contributed by atoms with van der Waals surface area (Å²) in [5, 5.41) is 7.75. The average molecular weight is 607 g/mol. The summed E-state index contributed by atoms with van der Waals surface area (Å²) in [7, 11) is 1.19. The topological polar surface area (TPSA) is 177 Å². The minimum absolute atomic E-state index is 0.109. The highest BCUT2D eigenvalue weighted by molar-refractivity contribution is 6.44. The highest BCUT2D eigenvalue weighted by Gasteiger charge is 2.49. The molecule has 14 heteroatoms. The average Bonchev–Trinajstić information content (AvgIpc) is 3.27. The lowest BCUT2D eigenvalue weighted by atomic mass is 9.80. The molecule has 226 valence electrons. The number of hydrogen-bond donors (Lipinski definition) is 4. The molecule has 2 rings (SSSR count). The monoisotopic (exact) mass is 605 g/mol. The van der Waals surface area contributed by atoms with E-state index in [1.165, 1.54) is 25.9 Å². The molecule has 12 nitrogen and oxygen atoms in total. The Kier molecular flexibility index (Phi) is 11.2. The molecule has 0 radical (unpaired) electrons. The number of urea groups is 1. The largest absolute Gasteiger partial charge is 0.467 e. The molecule has 5 amide bonds. The Morgan fingerprint density at radius 1 is 1.00 bits per heavy atom. The Labute approximate surface area is 244 Å². The van der Waals surface area contributed by atoms with E-state index in [1.807, 2.05) is 0 Å². The van der Waals surface area contributed by atoms with Gasteiger partial charge in [0, 0.05) is 12.5 Å². The Morgan fingerprint density at radius 2 is 1.60 bits per heavy atom. The van der Waals surface area contributed by atoms with Crippen molar-refractivity contribution in [2.75, 3.05) is 13.7 Å². The molecule has 0 bridgehead atoms. The van der Waals surface area contributed by atoms with Crippen LogP contribution in [0.15, 0.2) is 0 Å². The molecule has 0 spiro atoms. The minimum atomic E-state index is -1.38.